The number of carbonyl (C=O) groups is 3. The van der Waals surface area contributed by atoms with Crippen LogP contribution >= 0.6 is 11.8 Å². The minimum atomic E-state index is -0.404. The zero-order valence-corrected chi connectivity index (χ0v) is 19.5. The van der Waals surface area contributed by atoms with Crippen molar-refractivity contribution in [3.8, 4) is 5.69 Å². The van der Waals surface area contributed by atoms with Gasteiger partial charge < -0.3 is 9.30 Å². The van der Waals surface area contributed by atoms with Crippen LogP contribution in [0.15, 0.2) is 35.2 Å². The number of ether oxygens (including phenoxy) is 1. The van der Waals surface area contributed by atoms with Crippen LogP contribution in [0, 0.1) is 19.8 Å². The summed E-state index contributed by atoms with van der Waals surface area (Å²) in [5.74, 6) is -0.194. The van der Waals surface area contributed by atoms with Crippen LogP contribution in [0.2, 0.25) is 0 Å². The Morgan fingerprint density at radius 3 is 2.59 bits per heavy atom. The lowest BCUT2D eigenvalue weighted by atomic mass is 9.89. The van der Waals surface area contributed by atoms with E-state index in [1.54, 1.807) is 18.2 Å². The van der Waals surface area contributed by atoms with Crippen molar-refractivity contribution in [1.29, 1.82) is 0 Å². The monoisotopic (exact) mass is 452 g/mol. The number of thioether (sulfide) groups is 1. The molecule has 4 rings (SSSR count). The van der Waals surface area contributed by atoms with Crippen LogP contribution in [0.25, 0.3) is 11.8 Å². The fourth-order valence-electron chi connectivity index (χ4n) is 4.68. The van der Waals surface area contributed by atoms with E-state index >= 15 is 0 Å². The number of para-hydroxylation sites is 1. The normalized spacial score (nSPS) is 18.6. The first-order valence-electron chi connectivity index (χ1n) is 11.0. The number of rotatable bonds is 5. The molecule has 2 aliphatic rings. The maximum absolute atomic E-state index is 13.0. The summed E-state index contributed by atoms with van der Waals surface area (Å²) in [5.41, 5.74) is 3.85. The predicted octanol–water partition coefficient (Wildman–Crippen LogP) is 5.50. The van der Waals surface area contributed by atoms with Crippen molar-refractivity contribution < 1.29 is 19.1 Å². The van der Waals surface area contributed by atoms with Crippen LogP contribution in [0.3, 0.4) is 0 Å². The Bertz CT molecular complexity index is 1100. The first kappa shape index (κ1) is 22.4. The van der Waals surface area contributed by atoms with Crippen LogP contribution in [-0.4, -0.2) is 40.2 Å². The van der Waals surface area contributed by atoms with Crippen LogP contribution in [-0.2, 0) is 9.53 Å². The summed E-state index contributed by atoms with van der Waals surface area (Å²) >= 11 is 1.01. The highest BCUT2D eigenvalue weighted by atomic mass is 32.2. The maximum atomic E-state index is 13.0. The minimum absolute atomic E-state index is 0.184. The molecule has 0 unspecified atom stereocenters. The molecule has 1 aromatic heterocycles. The Labute approximate surface area is 192 Å². The highest BCUT2D eigenvalue weighted by Crippen LogP contribution is 2.36. The molecule has 1 aliphatic carbocycles. The molecule has 6 nitrogen and oxygen atoms in total. The number of aryl methyl sites for hydroxylation is 1. The summed E-state index contributed by atoms with van der Waals surface area (Å²) < 4.78 is 6.91. The third kappa shape index (κ3) is 4.26. The lowest BCUT2D eigenvalue weighted by molar-refractivity contribution is -0.123. The Morgan fingerprint density at radius 1 is 1.16 bits per heavy atom. The van der Waals surface area contributed by atoms with E-state index in [9.17, 15) is 14.4 Å². The highest BCUT2D eigenvalue weighted by Gasteiger charge is 2.36. The molecule has 2 heterocycles. The van der Waals surface area contributed by atoms with Crippen LogP contribution in [0.1, 0.15) is 59.4 Å². The molecule has 2 aromatic rings. The molecule has 7 heteroatoms. The predicted molar refractivity (Wildman–Crippen MR) is 126 cm³/mol. The number of aromatic nitrogens is 1. The molecule has 1 aliphatic heterocycles. The fraction of sp³-hybridized carbons (Fsp3) is 0.400. The molecule has 0 spiro atoms. The summed E-state index contributed by atoms with van der Waals surface area (Å²) in [6, 6.07) is 9.24. The van der Waals surface area contributed by atoms with Crippen molar-refractivity contribution in [3.63, 3.8) is 0 Å². The largest absolute Gasteiger partial charge is 0.465 e. The van der Waals surface area contributed by atoms with Crippen LogP contribution in [0.5, 0.6) is 0 Å². The van der Waals surface area contributed by atoms with Gasteiger partial charge in [0.2, 0.25) is 0 Å². The zero-order valence-electron chi connectivity index (χ0n) is 18.7. The Hall–Kier alpha value is -2.80. The van der Waals surface area contributed by atoms with E-state index in [-0.39, 0.29) is 11.1 Å². The number of hydrogen-bond acceptors (Lipinski definition) is 5. The minimum Gasteiger partial charge on any atom is -0.465 e. The van der Waals surface area contributed by atoms with Crippen molar-refractivity contribution in [3.05, 3.63) is 57.8 Å². The number of benzene rings is 1. The average molecular weight is 453 g/mol. The first-order valence-corrected chi connectivity index (χ1v) is 11.8. The molecular formula is C25H28N2O4S. The van der Waals surface area contributed by atoms with Crippen LogP contribution < -0.4 is 0 Å². The molecule has 1 aromatic carbocycles. The van der Waals surface area contributed by atoms with Crippen molar-refractivity contribution >= 4 is 35.0 Å². The lowest BCUT2D eigenvalue weighted by Gasteiger charge is -2.25. The average Bonchev–Trinajstić information content (AvgIpc) is 3.23. The smallest absolute Gasteiger partial charge is 0.339 e. The third-order valence-electron chi connectivity index (χ3n) is 6.35. The van der Waals surface area contributed by atoms with Gasteiger partial charge in [-0.15, -0.1) is 0 Å². The van der Waals surface area contributed by atoms with E-state index in [1.807, 2.05) is 36.6 Å². The molecule has 2 fully saturated rings. The van der Waals surface area contributed by atoms with E-state index in [2.05, 4.69) is 0 Å². The molecule has 1 saturated heterocycles. The molecule has 32 heavy (non-hydrogen) atoms. The summed E-state index contributed by atoms with van der Waals surface area (Å²) in [6.45, 7) is 4.42. The third-order valence-corrected chi connectivity index (χ3v) is 7.25. The second-order valence-corrected chi connectivity index (χ2v) is 9.46. The van der Waals surface area contributed by atoms with Gasteiger partial charge in [0.25, 0.3) is 11.1 Å². The molecule has 0 N–H and O–H groups in total. The SMILES string of the molecule is COC(=O)c1ccccc1-n1c(C)cc(/C=C2/SC(=O)N(CC3CCCCC3)C2=O)c1C. The van der Waals surface area contributed by atoms with Gasteiger partial charge in [-0.2, -0.15) is 0 Å². The van der Waals surface area contributed by atoms with Crippen molar-refractivity contribution in [2.75, 3.05) is 13.7 Å². The number of imide groups is 1. The van der Waals surface area contributed by atoms with E-state index in [0.717, 1.165) is 47.2 Å². The number of carbonyl (C=O) groups excluding carboxylic acids is 3. The van der Waals surface area contributed by atoms with E-state index in [4.69, 9.17) is 4.74 Å². The molecule has 0 atom stereocenters. The number of amides is 2. The van der Waals surface area contributed by atoms with Gasteiger partial charge >= 0.3 is 5.97 Å². The molecule has 1 saturated carbocycles. The van der Waals surface area contributed by atoms with Gasteiger partial charge in [-0.25, -0.2) is 4.79 Å². The van der Waals surface area contributed by atoms with Gasteiger partial charge in [0.1, 0.15) is 0 Å². The summed E-state index contributed by atoms with van der Waals surface area (Å²) in [4.78, 5) is 39.7. The quantitative estimate of drug-likeness (QED) is 0.443. The van der Waals surface area contributed by atoms with E-state index in [1.165, 1.54) is 31.3 Å². The van der Waals surface area contributed by atoms with Crippen molar-refractivity contribution in [2.24, 2.45) is 5.92 Å². The molecule has 0 radical (unpaired) electrons. The van der Waals surface area contributed by atoms with Gasteiger partial charge in [0.05, 0.1) is 23.3 Å². The Balaban J connectivity index is 1.63. The second kappa shape index (κ2) is 9.36. The Morgan fingerprint density at radius 2 is 1.88 bits per heavy atom. The van der Waals surface area contributed by atoms with Gasteiger partial charge in [-0.05, 0) is 74.2 Å². The second-order valence-electron chi connectivity index (χ2n) is 8.47. The summed E-state index contributed by atoms with van der Waals surface area (Å²) in [7, 11) is 1.36. The zero-order chi connectivity index (χ0) is 22.8. The maximum Gasteiger partial charge on any atom is 0.339 e. The van der Waals surface area contributed by atoms with Gasteiger partial charge in [0, 0.05) is 17.9 Å². The number of esters is 1. The van der Waals surface area contributed by atoms with E-state index < -0.39 is 5.97 Å². The summed E-state index contributed by atoms with van der Waals surface area (Å²) in [6.07, 6.45) is 7.56. The number of nitrogens with zero attached hydrogens (tertiary/aromatic N) is 2. The van der Waals surface area contributed by atoms with Gasteiger partial charge in [-0.1, -0.05) is 31.4 Å². The van der Waals surface area contributed by atoms with E-state index in [0.29, 0.717) is 22.9 Å². The van der Waals surface area contributed by atoms with Crippen LogP contribution in [0.4, 0.5) is 4.79 Å². The lowest BCUT2D eigenvalue weighted by Crippen LogP contribution is -2.34. The first-order chi connectivity index (χ1) is 15.4. The van der Waals surface area contributed by atoms with Crippen molar-refractivity contribution in [2.45, 2.75) is 46.0 Å². The molecular weight excluding hydrogens is 424 g/mol. The standard InChI is InChI=1S/C25H28N2O4S/c1-16-13-19(17(2)27(16)21-12-8-7-11-20(21)24(29)31-3)14-22-23(28)26(25(30)32-22)15-18-9-5-4-6-10-18/h7-8,11-14,18H,4-6,9-10,15H2,1-3H3/b22-14+. The molecule has 0 bridgehead atoms. The van der Waals surface area contributed by atoms with Gasteiger partial charge in [-0.3, -0.25) is 14.5 Å². The number of hydrogen-bond donors (Lipinski definition) is 0. The van der Waals surface area contributed by atoms with Gasteiger partial charge in [0.15, 0.2) is 0 Å². The number of methoxy groups -OCH3 is 1. The highest BCUT2D eigenvalue weighted by molar-refractivity contribution is 8.18. The molecule has 2 amide bonds. The van der Waals surface area contributed by atoms with Crippen molar-refractivity contribution in [1.82, 2.24) is 9.47 Å². The molecule has 168 valence electrons. The Kier molecular flexibility index (Phi) is 6.55. The summed E-state index contributed by atoms with van der Waals surface area (Å²) in [5, 5.41) is -0.184. The topological polar surface area (TPSA) is 68.6 Å². The fourth-order valence-corrected chi connectivity index (χ4v) is 5.52.